The highest BCUT2D eigenvalue weighted by atomic mass is 16.2. The minimum absolute atomic E-state index is 0.143. The second kappa shape index (κ2) is 4.37. The fourth-order valence-electron chi connectivity index (χ4n) is 1.91. The molecule has 0 unspecified atom stereocenters. The fraction of sp³-hybridized carbons (Fsp3) is 0.250. The number of hydrogen-bond acceptors (Lipinski definition) is 2. The van der Waals surface area contributed by atoms with E-state index in [2.05, 4.69) is 35.2 Å². The molecular formula is C12H15N3O. The number of hydrogen-bond donors (Lipinski definition) is 2. The highest BCUT2D eigenvalue weighted by Crippen LogP contribution is 2.20. The monoisotopic (exact) mass is 217 g/mol. The van der Waals surface area contributed by atoms with Gasteiger partial charge in [-0.25, -0.2) is 5.84 Å². The summed E-state index contributed by atoms with van der Waals surface area (Å²) in [5, 5.41) is 1.23. The average molecular weight is 217 g/mol. The molecule has 1 heterocycles. The average Bonchev–Trinajstić information content (AvgIpc) is 2.64. The highest BCUT2D eigenvalue weighted by molar-refractivity contribution is 5.84. The Hall–Kier alpha value is -1.81. The first-order valence-electron chi connectivity index (χ1n) is 5.26. The molecule has 0 bridgehead atoms. The number of fused-ring (bicyclic) bond motifs is 1. The summed E-state index contributed by atoms with van der Waals surface area (Å²) in [5.74, 6) is 4.90. The van der Waals surface area contributed by atoms with Crippen LogP contribution in [0.15, 0.2) is 30.5 Å². The van der Waals surface area contributed by atoms with Gasteiger partial charge in [-0.3, -0.25) is 10.2 Å². The molecule has 16 heavy (non-hydrogen) atoms. The van der Waals surface area contributed by atoms with E-state index >= 15 is 0 Å². The predicted molar refractivity (Wildman–Crippen MR) is 63.6 cm³/mol. The standard InChI is InChI=1S/C12H15N3O/c1-9-8-15(7-6-12(16)14-13)11-5-3-2-4-10(9)11/h2-5,8H,6-7,13H2,1H3,(H,14,16). The summed E-state index contributed by atoms with van der Waals surface area (Å²) in [6, 6.07) is 8.17. The summed E-state index contributed by atoms with van der Waals surface area (Å²) in [5.41, 5.74) is 4.52. The normalized spacial score (nSPS) is 10.6. The number of para-hydroxylation sites is 1. The van der Waals surface area contributed by atoms with Crippen molar-refractivity contribution in [3.63, 3.8) is 0 Å². The first-order valence-corrected chi connectivity index (χ1v) is 5.26. The molecule has 0 fully saturated rings. The van der Waals surface area contributed by atoms with Gasteiger partial charge >= 0.3 is 0 Å². The van der Waals surface area contributed by atoms with Crippen molar-refractivity contribution in [3.05, 3.63) is 36.0 Å². The van der Waals surface area contributed by atoms with E-state index in [1.807, 2.05) is 12.1 Å². The van der Waals surface area contributed by atoms with Crippen LogP contribution in [0.3, 0.4) is 0 Å². The molecule has 1 aromatic carbocycles. The SMILES string of the molecule is Cc1cn(CCC(=O)NN)c2ccccc12. The molecule has 0 spiro atoms. The Kier molecular flexibility index (Phi) is 2.92. The quantitative estimate of drug-likeness (QED) is 0.463. The van der Waals surface area contributed by atoms with Crippen molar-refractivity contribution >= 4 is 16.8 Å². The van der Waals surface area contributed by atoms with Crippen molar-refractivity contribution in [3.8, 4) is 0 Å². The number of aryl methyl sites for hydroxylation is 2. The lowest BCUT2D eigenvalue weighted by atomic mass is 10.2. The van der Waals surface area contributed by atoms with Gasteiger partial charge in [0, 0.05) is 30.1 Å². The lowest BCUT2D eigenvalue weighted by Crippen LogP contribution is -2.30. The molecule has 0 radical (unpaired) electrons. The van der Waals surface area contributed by atoms with E-state index in [4.69, 9.17) is 5.84 Å². The Morgan fingerprint density at radius 3 is 2.94 bits per heavy atom. The number of benzene rings is 1. The number of nitrogens with zero attached hydrogens (tertiary/aromatic N) is 1. The number of hydrazine groups is 1. The van der Waals surface area contributed by atoms with Gasteiger partial charge < -0.3 is 4.57 Å². The van der Waals surface area contributed by atoms with E-state index in [9.17, 15) is 4.79 Å². The molecule has 2 rings (SSSR count). The van der Waals surface area contributed by atoms with Gasteiger partial charge in [0.15, 0.2) is 0 Å². The molecule has 4 heteroatoms. The van der Waals surface area contributed by atoms with Crippen LogP contribution in [0.5, 0.6) is 0 Å². The zero-order valence-corrected chi connectivity index (χ0v) is 9.23. The number of nitrogens with one attached hydrogen (secondary N) is 1. The van der Waals surface area contributed by atoms with Crippen LogP contribution in [0.25, 0.3) is 10.9 Å². The summed E-state index contributed by atoms with van der Waals surface area (Å²) in [6.07, 6.45) is 2.46. The van der Waals surface area contributed by atoms with Crippen LogP contribution in [0, 0.1) is 6.92 Å². The Labute approximate surface area is 94.0 Å². The van der Waals surface area contributed by atoms with Crippen LogP contribution < -0.4 is 11.3 Å². The lowest BCUT2D eigenvalue weighted by Gasteiger charge is -2.04. The summed E-state index contributed by atoms with van der Waals surface area (Å²) in [4.78, 5) is 11.1. The maximum Gasteiger partial charge on any atom is 0.235 e. The van der Waals surface area contributed by atoms with Crippen molar-refractivity contribution in [2.24, 2.45) is 5.84 Å². The summed E-state index contributed by atoms with van der Waals surface area (Å²) < 4.78 is 2.08. The van der Waals surface area contributed by atoms with Crippen molar-refractivity contribution in [1.29, 1.82) is 0 Å². The fourth-order valence-corrected chi connectivity index (χ4v) is 1.91. The molecule has 0 saturated heterocycles. The van der Waals surface area contributed by atoms with Crippen LogP contribution in [0.2, 0.25) is 0 Å². The third kappa shape index (κ3) is 1.92. The Bertz CT molecular complexity index is 516. The van der Waals surface area contributed by atoms with Gasteiger partial charge in [0.25, 0.3) is 0 Å². The smallest absolute Gasteiger partial charge is 0.235 e. The molecular weight excluding hydrogens is 202 g/mol. The van der Waals surface area contributed by atoms with E-state index in [0.717, 1.165) is 5.52 Å². The number of amides is 1. The third-order valence-corrected chi connectivity index (χ3v) is 2.73. The molecule has 0 aliphatic rings. The first kappa shape index (κ1) is 10.7. The van der Waals surface area contributed by atoms with E-state index in [-0.39, 0.29) is 5.91 Å². The van der Waals surface area contributed by atoms with Crippen molar-refractivity contribution in [2.45, 2.75) is 19.9 Å². The summed E-state index contributed by atoms with van der Waals surface area (Å²) in [7, 11) is 0. The van der Waals surface area contributed by atoms with Gasteiger partial charge in [0.1, 0.15) is 0 Å². The van der Waals surface area contributed by atoms with Gasteiger partial charge in [0.05, 0.1) is 0 Å². The zero-order valence-electron chi connectivity index (χ0n) is 9.23. The van der Waals surface area contributed by atoms with Crippen LogP contribution >= 0.6 is 0 Å². The molecule has 0 aliphatic heterocycles. The second-order valence-corrected chi connectivity index (χ2v) is 3.84. The van der Waals surface area contributed by atoms with E-state index in [1.54, 1.807) is 0 Å². The van der Waals surface area contributed by atoms with Gasteiger partial charge in [0.2, 0.25) is 5.91 Å². The molecule has 3 N–H and O–H groups in total. The molecule has 4 nitrogen and oxygen atoms in total. The molecule has 0 aliphatic carbocycles. The first-order chi connectivity index (χ1) is 7.72. The summed E-state index contributed by atoms with van der Waals surface area (Å²) in [6.45, 7) is 2.72. The number of carbonyl (C=O) groups excluding carboxylic acids is 1. The molecule has 1 amide bonds. The third-order valence-electron chi connectivity index (χ3n) is 2.73. The molecule has 0 saturated carbocycles. The minimum Gasteiger partial charge on any atom is -0.347 e. The van der Waals surface area contributed by atoms with Gasteiger partial charge in [-0.2, -0.15) is 0 Å². The molecule has 0 atom stereocenters. The maximum atomic E-state index is 11.1. The minimum atomic E-state index is -0.143. The Balaban J connectivity index is 2.27. The van der Waals surface area contributed by atoms with Gasteiger partial charge in [-0.15, -0.1) is 0 Å². The lowest BCUT2D eigenvalue weighted by molar-refractivity contribution is -0.121. The van der Waals surface area contributed by atoms with Crippen molar-refractivity contribution in [1.82, 2.24) is 9.99 Å². The van der Waals surface area contributed by atoms with Gasteiger partial charge in [-0.05, 0) is 18.6 Å². The van der Waals surface area contributed by atoms with Crippen LogP contribution in [-0.2, 0) is 11.3 Å². The number of rotatable bonds is 3. The van der Waals surface area contributed by atoms with E-state index in [0.29, 0.717) is 13.0 Å². The second-order valence-electron chi connectivity index (χ2n) is 3.84. The summed E-state index contributed by atoms with van der Waals surface area (Å²) >= 11 is 0. The Morgan fingerprint density at radius 2 is 2.19 bits per heavy atom. The number of carbonyl (C=O) groups is 1. The predicted octanol–water partition coefficient (Wildman–Crippen LogP) is 1.33. The van der Waals surface area contributed by atoms with Gasteiger partial charge in [-0.1, -0.05) is 18.2 Å². The van der Waals surface area contributed by atoms with E-state index in [1.165, 1.54) is 10.9 Å². The molecule has 2 aromatic rings. The zero-order chi connectivity index (χ0) is 11.5. The largest absolute Gasteiger partial charge is 0.347 e. The topological polar surface area (TPSA) is 60.0 Å². The maximum absolute atomic E-state index is 11.1. The number of aromatic nitrogens is 1. The number of nitrogens with two attached hydrogens (primary N) is 1. The molecule has 84 valence electrons. The van der Waals surface area contributed by atoms with E-state index < -0.39 is 0 Å². The van der Waals surface area contributed by atoms with Crippen molar-refractivity contribution < 1.29 is 4.79 Å². The van der Waals surface area contributed by atoms with Crippen LogP contribution in [0.1, 0.15) is 12.0 Å². The highest BCUT2D eigenvalue weighted by Gasteiger charge is 2.05. The van der Waals surface area contributed by atoms with Crippen LogP contribution in [0.4, 0.5) is 0 Å². The van der Waals surface area contributed by atoms with Crippen molar-refractivity contribution in [2.75, 3.05) is 0 Å². The Morgan fingerprint density at radius 1 is 1.44 bits per heavy atom. The molecule has 1 aromatic heterocycles. The van der Waals surface area contributed by atoms with Crippen LogP contribution in [-0.4, -0.2) is 10.5 Å².